The molecule has 0 amide bonds. The minimum Gasteiger partial charge on any atom is -0.453 e. The number of esters is 1. The number of carbonyl (C=O) groups excluding carboxylic acids is 2. The molecule has 32 heavy (non-hydrogen) atoms. The lowest BCUT2D eigenvalue weighted by molar-refractivity contribution is 0.0479. The molecule has 0 saturated carbocycles. The van der Waals surface area contributed by atoms with E-state index in [1.165, 1.54) is 11.3 Å². The van der Waals surface area contributed by atoms with E-state index in [2.05, 4.69) is 4.98 Å². The lowest BCUT2D eigenvalue weighted by Crippen LogP contribution is -2.13. The molecule has 0 N–H and O–H groups in total. The number of carbonyl (C=O) groups is 2. The third-order valence-corrected chi connectivity index (χ3v) is 7.23. The molecule has 0 aliphatic heterocycles. The Kier molecular flexibility index (Phi) is 5.62. The Bertz CT molecular complexity index is 1370. The summed E-state index contributed by atoms with van der Waals surface area (Å²) >= 11 is 2.90. The van der Waals surface area contributed by atoms with Gasteiger partial charge in [0.25, 0.3) is 0 Å². The highest BCUT2D eigenvalue weighted by Gasteiger charge is 2.16. The third kappa shape index (κ3) is 4.23. The third-order valence-electron chi connectivity index (χ3n) is 4.96. The van der Waals surface area contributed by atoms with E-state index in [-0.39, 0.29) is 12.4 Å². The Morgan fingerprint density at radius 1 is 0.750 bits per heavy atom. The summed E-state index contributed by atoms with van der Waals surface area (Å²) in [5.41, 5.74) is 3.56. The number of thiazole rings is 1. The normalized spacial score (nSPS) is 10.9. The highest BCUT2D eigenvalue weighted by Crippen LogP contribution is 2.34. The van der Waals surface area contributed by atoms with Crippen molar-refractivity contribution >= 4 is 44.6 Å². The summed E-state index contributed by atoms with van der Waals surface area (Å²) in [6.07, 6.45) is 0. The van der Waals surface area contributed by atoms with Gasteiger partial charge in [-0.15, -0.1) is 22.7 Å². The van der Waals surface area contributed by atoms with Gasteiger partial charge in [0, 0.05) is 5.56 Å². The maximum absolute atomic E-state index is 12.5. The molecular formula is C26H17NO3S2. The molecule has 0 atom stereocenters. The Morgan fingerprint density at radius 3 is 2.25 bits per heavy atom. The van der Waals surface area contributed by atoms with Crippen LogP contribution in [0.3, 0.4) is 0 Å². The standard InChI is InChI=1S/C26H17NO3S2/c28-21(19-12-10-18(11-13-19)17-6-2-1-3-7-17)16-30-26(29)24-15-14-23(31-24)25-27-20-8-4-5-9-22(20)32-25/h1-15H,16H2. The summed E-state index contributed by atoms with van der Waals surface area (Å²) in [6.45, 7) is -0.294. The highest BCUT2D eigenvalue weighted by molar-refractivity contribution is 7.26. The predicted octanol–water partition coefficient (Wildman–Crippen LogP) is 6.73. The van der Waals surface area contributed by atoms with E-state index >= 15 is 0 Å². The second-order valence-electron chi connectivity index (χ2n) is 7.09. The van der Waals surface area contributed by atoms with Crippen LogP contribution in [0.1, 0.15) is 20.0 Å². The minimum absolute atomic E-state index is 0.235. The number of rotatable bonds is 6. The van der Waals surface area contributed by atoms with E-state index in [9.17, 15) is 9.59 Å². The number of hydrogen-bond donors (Lipinski definition) is 0. The van der Waals surface area contributed by atoms with Gasteiger partial charge in [-0.2, -0.15) is 0 Å². The van der Waals surface area contributed by atoms with E-state index < -0.39 is 5.97 Å². The van der Waals surface area contributed by atoms with Crippen molar-refractivity contribution in [3.05, 3.63) is 101 Å². The lowest BCUT2D eigenvalue weighted by atomic mass is 10.0. The highest BCUT2D eigenvalue weighted by atomic mass is 32.1. The zero-order valence-corrected chi connectivity index (χ0v) is 18.5. The SMILES string of the molecule is O=C(COC(=O)c1ccc(-c2nc3ccccc3s2)s1)c1ccc(-c2ccccc2)cc1. The number of nitrogens with zero attached hydrogens (tertiary/aromatic N) is 1. The Hall–Kier alpha value is -3.61. The van der Waals surface area contributed by atoms with Gasteiger partial charge in [0.1, 0.15) is 9.88 Å². The lowest BCUT2D eigenvalue weighted by Gasteiger charge is -2.05. The molecular weight excluding hydrogens is 438 g/mol. The molecule has 156 valence electrons. The van der Waals surface area contributed by atoms with Crippen LogP contribution in [0.5, 0.6) is 0 Å². The van der Waals surface area contributed by atoms with Crippen LogP contribution in [0.4, 0.5) is 0 Å². The maximum atomic E-state index is 12.5. The summed E-state index contributed by atoms with van der Waals surface area (Å²) in [6, 6.07) is 28.8. The monoisotopic (exact) mass is 455 g/mol. The molecule has 3 aromatic carbocycles. The summed E-state index contributed by atoms with van der Waals surface area (Å²) in [5, 5.41) is 0.866. The summed E-state index contributed by atoms with van der Waals surface area (Å²) in [5.74, 6) is -0.738. The molecule has 0 bridgehead atoms. The number of Topliss-reactive ketones (excluding diaryl/α,β-unsaturated/α-hetero) is 1. The number of ether oxygens (including phenoxy) is 1. The van der Waals surface area contributed by atoms with Crippen LogP contribution in [0, 0.1) is 0 Å². The molecule has 4 nitrogen and oxygen atoms in total. The van der Waals surface area contributed by atoms with Crippen molar-refractivity contribution < 1.29 is 14.3 Å². The molecule has 0 fully saturated rings. The van der Waals surface area contributed by atoms with E-state index in [0.29, 0.717) is 10.4 Å². The van der Waals surface area contributed by atoms with Crippen LogP contribution in [0.2, 0.25) is 0 Å². The first-order valence-electron chi connectivity index (χ1n) is 9.99. The van der Waals surface area contributed by atoms with Gasteiger partial charge in [-0.05, 0) is 35.4 Å². The average molecular weight is 456 g/mol. The molecule has 2 heterocycles. The second kappa shape index (κ2) is 8.86. The van der Waals surface area contributed by atoms with E-state index in [1.54, 1.807) is 29.5 Å². The van der Waals surface area contributed by atoms with Gasteiger partial charge < -0.3 is 4.74 Å². The van der Waals surface area contributed by atoms with Crippen LogP contribution in [0.25, 0.3) is 31.2 Å². The van der Waals surface area contributed by atoms with Gasteiger partial charge in [-0.3, -0.25) is 4.79 Å². The first-order valence-corrected chi connectivity index (χ1v) is 11.6. The molecule has 5 aromatic rings. The molecule has 0 aliphatic rings. The Morgan fingerprint density at radius 2 is 1.47 bits per heavy atom. The van der Waals surface area contributed by atoms with E-state index in [1.807, 2.05) is 72.8 Å². The van der Waals surface area contributed by atoms with Crippen LogP contribution in [0.15, 0.2) is 91.0 Å². The largest absolute Gasteiger partial charge is 0.453 e. The van der Waals surface area contributed by atoms with Gasteiger partial charge in [0.15, 0.2) is 12.4 Å². The Balaban J connectivity index is 1.22. The fourth-order valence-electron chi connectivity index (χ4n) is 3.30. The predicted molar refractivity (Wildman–Crippen MR) is 129 cm³/mol. The van der Waals surface area contributed by atoms with Crippen LogP contribution < -0.4 is 0 Å². The van der Waals surface area contributed by atoms with Crippen LogP contribution in [-0.2, 0) is 4.74 Å². The van der Waals surface area contributed by atoms with Crippen molar-refractivity contribution in [2.45, 2.75) is 0 Å². The van der Waals surface area contributed by atoms with Crippen LogP contribution in [-0.4, -0.2) is 23.3 Å². The number of fused-ring (bicyclic) bond motifs is 1. The van der Waals surface area contributed by atoms with Gasteiger partial charge in [-0.1, -0.05) is 66.7 Å². The van der Waals surface area contributed by atoms with Crippen LogP contribution >= 0.6 is 22.7 Å². The van der Waals surface area contributed by atoms with Gasteiger partial charge in [0.05, 0.1) is 15.1 Å². The van der Waals surface area contributed by atoms with Crippen molar-refractivity contribution in [3.63, 3.8) is 0 Å². The fraction of sp³-hybridized carbons (Fsp3) is 0.0385. The topological polar surface area (TPSA) is 56.3 Å². The molecule has 0 unspecified atom stereocenters. The van der Waals surface area contributed by atoms with E-state index in [4.69, 9.17) is 4.74 Å². The maximum Gasteiger partial charge on any atom is 0.348 e. The smallest absolute Gasteiger partial charge is 0.348 e. The summed E-state index contributed by atoms with van der Waals surface area (Å²) in [4.78, 5) is 30.9. The van der Waals surface area contributed by atoms with Crippen molar-refractivity contribution in [3.8, 4) is 21.0 Å². The summed E-state index contributed by atoms with van der Waals surface area (Å²) < 4.78 is 6.37. The molecule has 0 spiro atoms. The molecule has 6 heteroatoms. The number of hydrogen-bond acceptors (Lipinski definition) is 6. The van der Waals surface area contributed by atoms with Crippen molar-refractivity contribution in [2.75, 3.05) is 6.61 Å². The molecule has 0 radical (unpaired) electrons. The number of ketones is 1. The number of para-hydroxylation sites is 1. The van der Waals surface area contributed by atoms with Gasteiger partial charge >= 0.3 is 5.97 Å². The van der Waals surface area contributed by atoms with Gasteiger partial charge in [-0.25, -0.2) is 9.78 Å². The number of aromatic nitrogens is 1. The van der Waals surface area contributed by atoms with Crippen molar-refractivity contribution in [1.82, 2.24) is 4.98 Å². The summed E-state index contributed by atoms with van der Waals surface area (Å²) in [7, 11) is 0. The quantitative estimate of drug-likeness (QED) is 0.210. The van der Waals surface area contributed by atoms with E-state index in [0.717, 1.165) is 31.2 Å². The zero-order chi connectivity index (χ0) is 21.9. The molecule has 5 rings (SSSR count). The molecule has 0 saturated heterocycles. The molecule has 2 aromatic heterocycles. The average Bonchev–Trinajstić information content (AvgIpc) is 3.50. The van der Waals surface area contributed by atoms with Crippen molar-refractivity contribution in [1.29, 1.82) is 0 Å². The fourth-order valence-corrected chi connectivity index (χ4v) is 5.22. The Labute approximate surface area is 192 Å². The second-order valence-corrected chi connectivity index (χ2v) is 9.21. The first-order chi connectivity index (χ1) is 15.7. The molecule has 0 aliphatic carbocycles. The van der Waals surface area contributed by atoms with Crippen molar-refractivity contribution in [2.24, 2.45) is 0 Å². The minimum atomic E-state index is -0.503. The number of thiophene rings is 1. The first kappa shape index (κ1) is 20.3. The zero-order valence-electron chi connectivity index (χ0n) is 16.9. The number of benzene rings is 3. The van der Waals surface area contributed by atoms with Gasteiger partial charge in [0.2, 0.25) is 0 Å².